The SMILES string of the molecule is CC.CC(=O)c1cc(NC(=O)C2=CCC=CN2C)cn1C.CNC(=O)Cc1cccn1C. The van der Waals surface area contributed by atoms with Gasteiger partial charge in [0.2, 0.25) is 5.91 Å². The van der Waals surface area contributed by atoms with Gasteiger partial charge in [-0.15, -0.1) is 0 Å². The maximum atomic E-state index is 12.1. The van der Waals surface area contributed by atoms with E-state index in [9.17, 15) is 14.4 Å². The van der Waals surface area contributed by atoms with Crippen molar-refractivity contribution < 1.29 is 14.4 Å². The molecular formula is C24H35N5O3. The summed E-state index contributed by atoms with van der Waals surface area (Å²) in [5.41, 5.74) is 2.84. The minimum absolute atomic E-state index is 0.0278. The molecule has 174 valence electrons. The number of carbonyl (C=O) groups is 3. The van der Waals surface area contributed by atoms with Crippen molar-refractivity contribution in [3.63, 3.8) is 0 Å². The number of hydrogen-bond donors (Lipinski definition) is 2. The number of amides is 2. The standard InChI is InChI=1S/C14H17N3O2.C8H12N2O.C2H6/c1-10(18)13-8-11(9-17(13)3)15-14(19)12-6-4-5-7-16(12)2;1-9-8(11)6-7-4-3-5-10(7)2;1-2/h5-9H,4H2,1-3H3,(H,15,19);3-5H,6H2,1-2H3,(H,9,11);1-2H3. The second-order valence-corrected chi connectivity index (χ2v) is 7.02. The molecule has 0 radical (unpaired) electrons. The Hall–Kier alpha value is -3.55. The molecule has 2 amide bonds. The van der Waals surface area contributed by atoms with Gasteiger partial charge < -0.3 is 24.7 Å². The molecule has 0 unspecified atom stereocenters. The van der Waals surface area contributed by atoms with E-state index in [-0.39, 0.29) is 17.6 Å². The highest BCUT2D eigenvalue weighted by Gasteiger charge is 2.16. The van der Waals surface area contributed by atoms with Gasteiger partial charge in [0.15, 0.2) is 5.78 Å². The van der Waals surface area contributed by atoms with E-state index in [0.29, 0.717) is 23.5 Å². The van der Waals surface area contributed by atoms with Crippen LogP contribution in [-0.2, 0) is 30.1 Å². The van der Waals surface area contributed by atoms with E-state index in [1.807, 2.05) is 69.2 Å². The molecular weight excluding hydrogens is 406 g/mol. The fraction of sp³-hybridized carbons (Fsp3) is 0.375. The molecule has 2 aromatic heterocycles. The van der Waals surface area contributed by atoms with E-state index in [2.05, 4.69) is 10.6 Å². The first-order valence-corrected chi connectivity index (χ1v) is 10.6. The van der Waals surface area contributed by atoms with Crippen molar-refractivity contribution >= 4 is 23.3 Å². The Bertz CT molecular complexity index is 982. The zero-order chi connectivity index (χ0) is 24.3. The van der Waals surface area contributed by atoms with Gasteiger partial charge in [0.05, 0.1) is 17.8 Å². The lowest BCUT2D eigenvalue weighted by molar-refractivity contribution is -0.120. The molecule has 0 fully saturated rings. The highest BCUT2D eigenvalue weighted by Crippen LogP contribution is 2.17. The zero-order valence-corrected chi connectivity index (χ0v) is 20.1. The largest absolute Gasteiger partial charge is 0.359 e. The second kappa shape index (κ2) is 13.0. The Morgan fingerprint density at radius 3 is 2.28 bits per heavy atom. The fourth-order valence-electron chi connectivity index (χ4n) is 2.99. The predicted octanol–water partition coefficient (Wildman–Crippen LogP) is 3.24. The number of likely N-dealkylation sites (N-methyl/N-ethyl adjacent to an activating group) is 2. The van der Waals surface area contributed by atoms with Crippen LogP contribution in [0.4, 0.5) is 5.69 Å². The minimum Gasteiger partial charge on any atom is -0.359 e. The maximum Gasteiger partial charge on any atom is 0.271 e. The Balaban J connectivity index is 0.000000335. The summed E-state index contributed by atoms with van der Waals surface area (Å²) in [7, 11) is 7.18. The smallest absolute Gasteiger partial charge is 0.271 e. The van der Waals surface area contributed by atoms with E-state index in [4.69, 9.17) is 0 Å². The molecule has 2 aromatic rings. The van der Waals surface area contributed by atoms with Gasteiger partial charge >= 0.3 is 0 Å². The molecule has 0 bridgehead atoms. The number of ketones is 1. The van der Waals surface area contributed by atoms with Crippen molar-refractivity contribution in [3.8, 4) is 0 Å². The van der Waals surface area contributed by atoms with E-state index < -0.39 is 0 Å². The fourth-order valence-corrected chi connectivity index (χ4v) is 2.99. The zero-order valence-electron chi connectivity index (χ0n) is 20.1. The summed E-state index contributed by atoms with van der Waals surface area (Å²) in [6.45, 7) is 5.50. The summed E-state index contributed by atoms with van der Waals surface area (Å²) in [4.78, 5) is 36.2. The minimum atomic E-state index is -0.174. The molecule has 0 aliphatic carbocycles. The highest BCUT2D eigenvalue weighted by atomic mass is 16.2. The van der Waals surface area contributed by atoms with Gasteiger partial charge in [-0.05, 0) is 24.6 Å². The number of hydrogen-bond acceptors (Lipinski definition) is 4. The van der Waals surface area contributed by atoms with Crippen LogP contribution in [0.25, 0.3) is 0 Å². The summed E-state index contributed by atoms with van der Waals surface area (Å²) in [5.74, 6) is -0.153. The molecule has 0 spiro atoms. The topological polar surface area (TPSA) is 88.4 Å². The number of carbonyl (C=O) groups excluding carboxylic acids is 3. The number of aromatic nitrogens is 2. The number of nitrogens with zero attached hydrogens (tertiary/aromatic N) is 3. The maximum absolute atomic E-state index is 12.1. The van der Waals surface area contributed by atoms with Crippen LogP contribution in [0.2, 0.25) is 0 Å². The summed E-state index contributed by atoms with van der Waals surface area (Å²) in [6.07, 6.45) is 10.6. The van der Waals surface area contributed by atoms with Crippen LogP contribution < -0.4 is 10.6 Å². The quantitative estimate of drug-likeness (QED) is 0.698. The van der Waals surface area contributed by atoms with Crippen molar-refractivity contribution in [1.82, 2.24) is 19.4 Å². The van der Waals surface area contributed by atoms with Gasteiger partial charge in [0.1, 0.15) is 5.70 Å². The van der Waals surface area contributed by atoms with Crippen LogP contribution in [0.1, 0.15) is 43.4 Å². The second-order valence-electron chi connectivity index (χ2n) is 7.02. The van der Waals surface area contributed by atoms with Crippen molar-refractivity contribution in [2.45, 2.75) is 33.6 Å². The summed E-state index contributed by atoms with van der Waals surface area (Å²) in [5, 5.41) is 5.38. The van der Waals surface area contributed by atoms with Gasteiger partial charge in [-0.25, -0.2) is 0 Å². The van der Waals surface area contributed by atoms with Crippen molar-refractivity contribution in [3.05, 3.63) is 66.0 Å². The lowest BCUT2D eigenvalue weighted by Crippen LogP contribution is -2.25. The number of rotatable bonds is 5. The average molecular weight is 442 g/mol. The van der Waals surface area contributed by atoms with E-state index in [1.165, 1.54) is 6.92 Å². The molecule has 3 rings (SSSR count). The Morgan fingerprint density at radius 2 is 1.78 bits per heavy atom. The Morgan fingerprint density at radius 1 is 1.09 bits per heavy atom. The first-order valence-electron chi connectivity index (χ1n) is 10.6. The van der Waals surface area contributed by atoms with Crippen LogP contribution in [0.15, 0.2) is 54.6 Å². The molecule has 0 saturated carbocycles. The van der Waals surface area contributed by atoms with Crippen LogP contribution in [0.3, 0.4) is 0 Å². The van der Waals surface area contributed by atoms with Gasteiger partial charge in [-0.3, -0.25) is 14.4 Å². The first kappa shape index (κ1) is 26.5. The first-order chi connectivity index (χ1) is 15.2. The van der Waals surface area contributed by atoms with E-state index >= 15 is 0 Å². The van der Waals surface area contributed by atoms with Crippen LogP contribution in [-0.4, -0.2) is 45.7 Å². The number of allylic oxidation sites excluding steroid dienone is 2. The Kier molecular flexibility index (Phi) is 10.8. The van der Waals surface area contributed by atoms with Crippen molar-refractivity contribution in [2.75, 3.05) is 19.4 Å². The van der Waals surface area contributed by atoms with Gasteiger partial charge in [-0.1, -0.05) is 26.0 Å². The van der Waals surface area contributed by atoms with Crippen molar-refractivity contribution in [1.29, 1.82) is 0 Å². The number of Topliss-reactive ketones (excluding diaryl/α,β-unsaturated/α-hetero) is 1. The lowest BCUT2D eigenvalue weighted by atomic mass is 10.2. The molecule has 1 aliphatic heterocycles. The molecule has 32 heavy (non-hydrogen) atoms. The van der Waals surface area contributed by atoms with E-state index in [1.54, 1.807) is 35.8 Å². The van der Waals surface area contributed by atoms with Gasteiger partial charge in [0.25, 0.3) is 5.91 Å². The van der Waals surface area contributed by atoms with Gasteiger partial charge in [-0.2, -0.15) is 0 Å². The third-order valence-corrected chi connectivity index (χ3v) is 4.68. The monoisotopic (exact) mass is 441 g/mol. The number of anilines is 1. The average Bonchev–Trinajstić information content (AvgIpc) is 3.35. The summed E-state index contributed by atoms with van der Waals surface area (Å²) < 4.78 is 3.64. The van der Waals surface area contributed by atoms with E-state index in [0.717, 1.165) is 12.1 Å². The highest BCUT2D eigenvalue weighted by molar-refractivity contribution is 6.04. The molecule has 8 nitrogen and oxygen atoms in total. The van der Waals surface area contributed by atoms with Crippen LogP contribution >= 0.6 is 0 Å². The summed E-state index contributed by atoms with van der Waals surface area (Å²) >= 11 is 0. The molecule has 0 aromatic carbocycles. The molecule has 1 aliphatic rings. The third kappa shape index (κ3) is 7.61. The number of aryl methyl sites for hydroxylation is 2. The molecule has 0 saturated heterocycles. The molecule has 2 N–H and O–H groups in total. The van der Waals surface area contributed by atoms with Gasteiger partial charge in [0, 0.05) is 59.4 Å². The summed E-state index contributed by atoms with van der Waals surface area (Å²) in [6, 6.07) is 5.55. The normalized spacial score (nSPS) is 12.0. The molecule has 0 atom stereocenters. The van der Waals surface area contributed by atoms with Crippen LogP contribution in [0.5, 0.6) is 0 Å². The molecule has 3 heterocycles. The predicted molar refractivity (Wildman–Crippen MR) is 128 cm³/mol. The number of nitrogens with one attached hydrogen (secondary N) is 2. The Labute approximate surface area is 190 Å². The molecule has 8 heteroatoms. The third-order valence-electron chi connectivity index (χ3n) is 4.68. The van der Waals surface area contributed by atoms with Crippen LogP contribution in [0, 0.1) is 0 Å². The lowest BCUT2D eigenvalue weighted by Gasteiger charge is -2.20. The van der Waals surface area contributed by atoms with Crippen molar-refractivity contribution in [2.24, 2.45) is 14.1 Å².